The number of hydrogen-bond acceptors (Lipinski definition) is 3. The number of thioether (sulfide) groups is 1. The fourth-order valence-corrected chi connectivity index (χ4v) is 1.76. The van der Waals surface area contributed by atoms with Gasteiger partial charge in [-0.2, -0.15) is 0 Å². The first-order chi connectivity index (χ1) is 6.59. The fourth-order valence-electron chi connectivity index (χ4n) is 0.788. The molecule has 3 N–H and O–H groups in total. The highest BCUT2D eigenvalue weighted by Crippen LogP contribution is 2.20. The summed E-state index contributed by atoms with van der Waals surface area (Å²) in [4.78, 5) is 11.4. The number of halogens is 1. The molecule has 0 fully saturated rings. The summed E-state index contributed by atoms with van der Waals surface area (Å²) in [7, 11) is 0. The molecule has 1 unspecified atom stereocenters. The van der Waals surface area contributed by atoms with Gasteiger partial charge >= 0.3 is 5.97 Å². The highest BCUT2D eigenvalue weighted by molar-refractivity contribution is 7.99. The lowest BCUT2D eigenvalue weighted by Gasteiger charge is -2.05. The second-order valence-electron chi connectivity index (χ2n) is 2.71. The largest absolute Gasteiger partial charge is 0.480 e. The zero-order valence-corrected chi connectivity index (χ0v) is 8.89. The van der Waals surface area contributed by atoms with E-state index in [9.17, 15) is 4.79 Å². The van der Waals surface area contributed by atoms with E-state index < -0.39 is 12.0 Å². The van der Waals surface area contributed by atoms with E-state index in [4.69, 9.17) is 22.4 Å². The van der Waals surface area contributed by atoms with Crippen molar-refractivity contribution in [3.63, 3.8) is 0 Å². The fraction of sp³-hybridized carbons (Fsp3) is 0.222. The first kappa shape index (κ1) is 11.4. The minimum Gasteiger partial charge on any atom is -0.480 e. The van der Waals surface area contributed by atoms with E-state index in [0.29, 0.717) is 10.8 Å². The summed E-state index contributed by atoms with van der Waals surface area (Å²) in [6, 6.07) is 6.37. The molecule has 0 heterocycles. The number of rotatable bonds is 4. The third-order valence-corrected chi connectivity index (χ3v) is 2.94. The average molecular weight is 232 g/mol. The third kappa shape index (κ3) is 3.57. The second-order valence-corrected chi connectivity index (χ2v) is 4.24. The summed E-state index contributed by atoms with van der Waals surface area (Å²) < 4.78 is 0. The van der Waals surface area contributed by atoms with Gasteiger partial charge in [0.05, 0.1) is 0 Å². The number of carboxylic acids is 1. The first-order valence-electron chi connectivity index (χ1n) is 3.96. The van der Waals surface area contributed by atoms with Gasteiger partial charge in [-0.25, -0.2) is 0 Å². The highest BCUT2D eigenvalue weighted by Gasteiger charge is 2.11. The predicted octanol–water partition coefficient (Wildman–Crippen LogP) is 1.84. The molecular formula is C9H10ClNO2S. The lowest BCUT2D eigenvalue weighted by molar-refractivity contribution is -0.137. The van der Waals surface area contributed by atoms with Crippen molar-refractivity contribution >= 4 is 29.3 Å². The van der Waals surface area contributed by atoms with Crippen LogP contribution in [0.1, 0.15) is 0 Å². The molecule has 0 aromatic heterocycles. The lowest BCUT2D eigenvalue weighted by atomic mass is 10.4. The molecule has 0 saturated carbocycles. The van der Waals surface area contributed by atoms with E-state index in [2.05, 4.69) is 0 Å². The smallest absolute Gasteiger partial charge is 0.321 e. The number of carboxylic acid groups (broad SMARTS) is 1. The molecule has 1 atom stereocenters. The maximum Gasteiger partial charge on any atom is 0.321 e. The number of hydrogen-bond donors (Lipinski definition) is 2. The standard InChI is InChI=1S/C9H10ClNO2S/c10-6-1-3-7(4-2-6)14-5-8(11)9(12)13/h1-4,8H,5,11H2,(H,12,13). The number of nitrogens with two attached hydrogens (primary N) is 1. The number of benzene rings is 1. The van der Waals surface area contributed by atoms with Gasteiger partial charge in [-0.05, 0) is 24.3 Å². The van der Waals surface area contributed by atoms with Crippen LogP contribution in [0.3, 0.4) is 0 Å². The Balaban J connectivity index is 2.46. The Bertz CT molecular complexity index is 315. The van der Waals surface area contributed by atoms with Crippen LogP contribution in [0.4, 0.5) is 0 Å². The van der Waals surface area contributed by atoms with Crippen molar-refractivity contribution in [2.45, 2.75) is 10.9 Å². The molecule has 0 aliphatic rings. The monoisotopic (exact) mass is 231 g/mol. The van der Waals surface area contributed by atoms with Gasteiger partial charge in [0.1, 0.15) is 6.04 Å². The van der Waals surface area contributed by atoms with Crippen LogP contribution in [0.15, 0.2) is 29.2 Å². The average Bonchev–Trinajstić information content (AvgIpc) is 2.16. The van der Waals surface area contributed by atoms with E-state index >= 15 is 0 Å². The number of carbonyl (C=O) groups is 1. The molecule has 0 aliphatic heterocycles. The van der Waals surface area contributed by atoms with E-state index in [1.165, 1.54) is 11.8 Å². The molecule has 0 spiro atoms. The van der Waals surface area contributed by atoms with Crippen molar-refractivity contribution < 1.29 is 9.90 Å². The number of aliphatic carboxylic acids is 1. The molecule has 14 heavy (non-hydrogen) atoms. The molecule has 0 saturated heterocycles. The Morgan fingerprint density at radius 1 is 1.50 bits per heavy atom. The predicted molar refractivity (Wildman–Crippen MR) is 57.8 cm³/mol. The zero-order valence-electron chi connectivity index (χ0n) is 7.31. The molecule has 1 rings (SSSR count). The normalized spacial score (nSPS) is 12.4. The molecule has 0 amide bonds. The molecule has 1 aromatic rings. The van der Waals surface area contributed by atoms with Crippen molar-refractivity contribution in [3.8, 4) is 0 Å². The quantitative estimate of drug-likeness (QED) is 0.777. The molecule has 0 bridgehead atoms. The van der Waals surface area contributed by atoms with Gasteiger partial charge in [0.2, 0.25) is 0 Å². The summed E-state index contributed by atoms with van der Waals surface area (Å²) in [6.07, 6.45) is 0. The maximum atomic E-state index is 10.4. The molecular weight excluding hydrogens is 222 g/mol. The summed E-state index contributed by atoms with van der Waals surface area (Å²) in [5, 5.41) is 9.21. The van der Waals surface area contributed by atoms with Crippen LogP contribution in [-0.2, 0) is 4.79 Å². The van der Waals surface area contributed by atoms with Crippen molar-refractivity contribution in [2.75, 3.05) is 5.75 Å². The van der Waals surface area contributed by atoms with E-state index in [0.717, 1.165) is 4.90 Å². The van der Waals surface area contributed by atoms with Crippen LogP contribution in [0.5, 0.6) is 0 Å². The summed E-state index contributed by atoms with van der Waals surface area (Å²) in [6.45, 7) is 0. The minimum atomic E-state index is -0.980. The van der Waals surface area contributed by atoms with Crippen LogP contribution in [-0.4, -0.2) is 22.9 Å². The lowest BCUT2D eigenvalue weighted by Crippen LogP contribution is -2.32. The molecule has 3 nitrogen and oxygen atoms in total. The Labute approximate surface area is 91.2 Å². The Hall–Kier alpha value is -0.710. The zero-order chi connectivity index (χ0) is 10.6. The van der Waals surface area contributed by atoms with Crippen molar-refractivity contribution in [1.82, 2.24) is 0 Å². The first-order valence-corrected chi connectivity index (χ1v) is 5.32. The van der Waals surface area contributed by atoms with Crippen molar-refractivity contribution in [2.24, 2.45) is 5.73 Å². The maximum absolute atomic E-state index is 10.4. The van der Waals surface area contributed by atoms with Gasteiger partial charge in [0, 0.05) is 15.7 Å². The van der Waals surface area contributed by atoms with Gasteiger partial charge in [-0.3, -0.25) is 4.79 Å². The third-order valence-electron chi connectivity index (χ3n) is 1.56. The Morgan fingerprint density at radius 2 is 2.07 bits per heavy atom. The van der Waals surface area contributed by atoms with Gasteiger partial charge in [0.25, 0.3) is 0 Å². The summed E-state index contributed by atoms with van der Waals surface area (Å²) in [5.41, 5.74) is 5.35. The van der Waals surface area contributed by atoms with Gasteiger partial charge in [-0.15, -0.1) is 11.8 Å². The SMILES string of the molecule is NC(CSc1ccc(Cl)cc1)C(=O)O. The summed E-state index contributed by atoms with van der Waals surface area (Å²) in [5.74, 6) is -0.622. The van der Waals surface area contributed by atoms with E-state index in [-0.39, 0.29) is 0 Å². The van der Waals surface area contributed by atoms with Gasteiger partial charge in [0.15, 0.2) is 0 Å². The molecule has 1 aromatic carbocycles. The Morgan fingerprint density at radius 3 is 2.57 bits per heavy atom. The summed E-state index contributed by atoms with van der Waals surface area (Å²) >= 11 is 7.10. The van der Waals surface area contributed by atoms with Crippen molar-refractivity contribution in [3.05, 3.63) is 29.3 Å². The van der Waals surface area contributed by atoms with Crippen LogP contribution >= 0.6 is 23.4 Å². The van der Waals surface area contributed by atoms with Crippen LogP contribution in [0.25, 0.3) is 0 Å². The van der Waals surface area contributed by atoms with Gasteiger partial charge in [-0.1, -0.05) is 11.6 Å². The molecule has 0 radical (unpaired) electrons. The minimum absolute atomic E-state index is 0.358. The van der Waals surface area contributed by atoms with Gasteiger partial charge < -0.3 is 10.8 Å². The van der Waals surface area contributed by atoms with Crippen LogP contribution in [0, 0.1) is 0 Å². The van der Waals surface area contributed by atoms with E-state index in [1.807, 2.05) is 12.1 Å². The Kier molecular flexibility index (Phi) is 4.25. The second kappa shape index (κ2) is 5.24. The van der Waals surface area contributed by atoms with E-state index in [1.54, 1.807) is 12.1 Å². The molecule has 76 valence electrons. The molecule has 0 aliphatic carbocycles. The van der Waals surface area contributed by atoms with Crippen LogP contribution in [0.2, 0.25) is 5.02 Å². The molecule has 5 heteroatoms. The van der Waals surface area contributed by atoms with Crippen LogP contribution < -0.4 is 5.73 Å². The topological polar surface area (TPSA) is 63.3 Å². The van der Waals surface area contributed by atoms with Crippen molar-refractivity contribution in [1.29, 1.82) is 0 Å². The highest BCUT2D eigenvalue weighted by atomic mass is 35.5.